The number of imidazole rings is 1. The first-order valence-electron chi connectivity index (χ1n) is 8.98. The van der Waals surface area contributed by atoms with Gasteiger partial charge in [-0.15, -0.1) is 0 Å². The van der Waals surface area contributed by atoms with E-state index < -0.39 is 4.92 Å². The van der Waals surface area contributed by atoms with Crippen LogP contribution in [0, 0.1) is 10.1 Å². The molecule has 1 amide bonds. The number of carbonyl (C=O) groups is 1. The van der Waals surface area contributed by atoms with Gasteiger partial charge in [0.25, 0.3) is 11.7 Å². The second kappa shape index (κ2) is 9.52. The highest BCUT2D eigenvalue weighted by molar-refractivity contribution is 5.94. The minimum Gasteiger partial charge on any atom is -0.486 e. The Labute approximate surface area is 177 Å². The summed E-state index contributed by atoms with van der Waals surface area (Å²) in [6, 6.07) is 6.45. The van der Waals surface area contributed by atoms with Gasteiger partial charge in [0.05, 0.1) is 25.1 Å². The lowest BCUT2D eigenvalue weighted by Gasteiger charge is -2.26. The van der Waals surface area contributed by atoms with E-state index in [-0.39, 0.29) is 25.8 Å². The number of pyridine rings is 2. The maximum Gasteiger partial charge on any atom is 0.366 e. The van der Waals surface area contributed by atoms with E-state index in [1.165, 1.54) is 6.07 Å². The van der Waals surface area contributed by atoms with Gasteiger partial charge in [0.1, 0.15) is 6.61 Å². The second-order valence-corrected chi connectivity index (χ2v) is 6.28. The van der Waals surface area contributed by atoms with E-state index in [2.05, 4.69) is 25.3 Å². The Kier molecular flexibility index (Phi) is 6.60. The number of aromatic amines is 1. The van der Waals surface area contributed by atoms with Crippen molar-refractivity contribution in [3.8, 4) is 11.5 Å². The summed E-state index contributed by atoms with van der Waals surface area (Å²) >= 11 is 0. The van der Waals surface area contributed by atoms with E-state index in [0.717, 1.165) is 5.69 Å². The number of aromatic nitrogens is 4. The highest BCUT2D eigenvalue weighted by Gasteiger charge is 2.26. The van der Waals surface area contributed by atoms with Crippen LogP contribution < -0.4 is 19.7 Å². The maximum atomic E-state index is 10.8. The minimum atomic E-state index is -0.511. The van der Waals surface area contributed by atoms with E-state index in [9.17, 15) is 14.9 Å². The average molecular weight is 427 g/mol. The lowest BCUT2D eigenvalue weighted by atomic mass is 10.3. The molecule has 0 aromatic carbocycles. The van der Waals surface area contributed by atoms with Crippen LogP contribution in [0.4, 0.5) is 17.5 Å². The Balaban J connectivity index is 0.000000194. The molecule has 31 heavy (non-hydrogen) atoms. The van der Waals surface area contributed by atoms with Crippen LogP contribution in [0.5, 0.6) is 11.5 Å². The minimum absolute atomic E-state index is 0. The third kappa shape index (κ3) is 5.04. The zero-order valence-corrected chi connectivity index (χ0v) is 15.6. The number of H-pyrrole nitrogens is 1. The van der Waals surface area contributed by atoms with E-state index in [1.807, 2.05) is 4.90 Å². The summed E-state index contributed by atoms with van der Waals surface area (Å²) < 4.78 is 10.5. The number of hydrogen-bond donors (Lipinski definition) is 2. The van der Waals surface area contributed by atoms with E-state index in [0.29, 0.717) is 42.8 Å². The monoisotopic (exact) mass is 427 g/mol. The number of hydrogen-bond acceptors (Lipinski definition) is 9. The van der Waals surface area contributed by atoms with Gasteiger partial charge in [-0.3, -0.25) is 4.79 Å². The van der Waals surface area contributed by atoms with Gasteiger partial charge < -0.3 is 34.8 Å². The number of amides is 1. The predicted octanol–water partition coefficient (Wildman–Crippen LogP) is 2.16. The molecule has 0 unspecified atom stereocenters. The molecule has 2 aliphatic heterocycles. The first-order valence-corrected chi connectivity index (χ1v) is 8.98. The summed E-state index contributed by atoms with van der Waals surface area (Å²) in [5, 5.41) is 13.4. The molecule has 0 atom stereocenters. The molecule has 2 N–H and O–H groups in total. The van der Waals surface area contributed by atoms with Gasteiger partial charge in [0, 0.05) is 18.5 Å². The molecule has 0 saturated heterocycles. The Morgan fingerprint density at radius 1 is 1.23 bits per heavy atom. The number of fused-ring (bicyclic) bond motifs is 2. The van der Waals surface area contributed by atoms with Gasteiger partial charge in [0.2, 0.25) is 0 Å². The van der Waals surface area contributed by atoms with Crippen LogP contribution in [0.1, 0.15) is 13.1 Å². The van der Waals surface area contributed by atoms with Gasteiger partial charge in [-0.2, -0.15) is 0 Å². The Hall–Kier alpha value is -4.22. The predicted molar refractivity (Wildman–Crippen MR) is 111 cm³/mol. The summed E-state index contributed by atoms with van der Waals surface area (Å²) in [5.74, 6) is 1.86. The van der Waals surface area contributed by atoms with Crippen molar-refractivity contribution >= 4 is 23.4 Å². The zero-order chi connectivity index (χ0) is 20.9. The van der Waals surface area contributed by atoms with Crippen LogP contribution in [-0.4, -0.2) is 50.5 Å². The fourth-order valence-corrected chi connectivity index (χ4v) is 2.88. The topological polar surface area (TPSA) is 148 Å². The maximum absolute atomic E-state index is 10.8. The van der Waals surface area contributed by atoms with Crippen LogP contribution >= 0.6 is 0 Å². The molecule has 162 valence electrons. The Bertz CT molecular complexity index is 1060. The normalized spacial score (nSPS) is 13.7. The standard InChI is InChI=1S/C11H11N5O3.C7H6N2O2.CH4/c17-16(18)10-2-1-9-11(14-10)15(3-4-19-9)6-8-5-12-7-13-8;10-6-4-11-5-2-1-3-8-7(5)9-6;/h1-2,5,7H,3-4,6H2,(H,12,13);1-3H,4H2,(H,8,9,10);1H4. The fourth-order valence-electron chi connectivity index (χ4n) is 2.88. The van der Waals surface area contributed by atoms with Gasteiger partial charge in [0.15, 0.2) is 23.9 Å². The molecule has 0 radical (unpaired) electrons. The summed E-state index contributed by atoms with van der Waals surface area (Å²) in [7, 11) is 0. The molecule has 3 aromatic heterocycles. The van der Waals surface area contributed by atoms with Crippen LogP contribution in [0.2, 0.25) is 0 Å². The number of carbonyl (C=O) groups excluding carboxylic acids is 1. The van der Waals surface area contributed by atoms with E-state index in [1.54, 1.807) is 36.9 Å². The number of rotatable bonds is 3. The lowest BCUT2D eigenvalue weighted by Crippen LogP contribution is -2.33. The number of nitro groups is 1. The lowest BCUT2D eigenvalue weighted by molar-refractivity contribution is -0.389. The highest BCUT2D eigenvalue weighted by atomic mass is 16.6. The molecular weight excluding hydrogens is 406 g/mol. The van der Waals surface area contributed by atoms with Crippen molar-refractivity contribution in [1.82, 2.24) is 19.9 Å². The molecule has 3 aromatic rings. The van der Waals surface area contributed by atoms with Crippen molar-refractivity contribution < 1.29 is 19.2 Å². The van der Waals surface area contributed by atoms with Crippen LogP contribution in [0.15, 0.2) is 43.0 Å². The summed E-state index contributed by atoms with van der Waals surface area (Å²) in [4.78, 5) is 37.8. The summed E-state index contributed by atoms with van der Waals surface area (Å²) in [6.07, 6.45) is 4.91. The number of nitrogens with one attached hydrogen (secondary N) is 2. The Morgan fingerprint density at radius 2 is 2.10 bits per heavy atom. The first kappa shape index (κ1) is 21.5. The molecule has 5 rings (SSSR count). The summed E-state index contributed by atoms with van der Waals surface area (Å²) in [6.45, 7) is 1.80. The SMILES string of the molecule is C.O=C1COc2cccnc2N1.O=[N+]([O-])c1ccc2c(n1)N(Cc1cnc[nH]1)CCO2. The van der Waals surface area contributed by atoms with Crippen molar-refractivity contribution in [2.45, 2.75) is 14.0 Å². The number of ether oxygens (including phenoxy) is 2. The van der Waals surface area contributed by atoms with Crippen LogP contribution in [0.25, 0.3) is 0 Å². The van der Waals surface area contributed by atoms with Crippen LogP contribution in [-0.2, 0) is 11.3 Å². The van der Waals surface area contributed by atoms with Gasteiger partial charge in [-0.1, -0.05) is 7.43 Å². The van der Waals surface area contributed by atoms with Gasteiger partial charge in [-0.25, -0.2) is 9.97 Å². The third-order valence-electron chi connectivity index (χ3n) is 4.23. The van der Waals surface area contributed by atoms with Crippen LogP contribution in [0.3, 0.4) is 0 Å². The van der Waals surface area contributed by atoms with Crippen molar-refractivity contribution in [2.24, 2.45) is 0 Å². The molecule has 2 aliphatic rings. The second-order valence-electron chi connectivity index (χ2n) is 6.28. The number of nitrogens with zero attached hydrogens (tertiary/aromatic N) is 5. The quantitative estimate of drug-likeness (QED) is 0.474. The molecular formula is C19H21N7O5. The average Bonchev–Trinajstić information content (AvgIpc) is 3.27. The van der Waals surface area contributed by atoms with Gasteiger partial charge in [-0.05, 0) is 28.1 Å². The van der Waals surface area contributed by atoms with Crippen molar-refractivity contribution in [3.05, 3.63) is 58.8 Å². The van der Waals surface area contributed by atoms with Crippen molar-refractivity contribution in [3.63, 3.8) is 0 Å². The molecule has 12 heteroatoms. The molecule has 12 nitrogen and oxygen atoms in total. The molecule has 0 bridgehead atoms. The largest absolute Gasteiger partial charge is 0.486 e. The molecule has 0 fully saturated rings. The first-order chi connectivity index (χ1) is 14.6. The third-order valence-corrected chi connectivity index (χ3v) is 4.23. The van der Waals surface area contributed by atoms with Gasteiger partial charge >= 0.3 is 5.82 Å². The van der Waals surface area contributed by atoms with E-state index in [4.69, 9.17) is 9.47 Å². The molecule has 0 spiro atoms. The zero-order valence-electron chi connectivity index (χ0n) is 15.6. The highest BCUT2D eigenvalue weighted by Crippen LogP contribution is 2.32. The smallest absolute Gasteiger partial charge is 0.366 e. The van der Waals surface area contributed by atoms with Crippen molar-refractivity contribution in [1.29, 1.82) is 0 Å². The molecule has 0 saturated carbocycles. The molecule has 0 aliphatic carbocycles. The van der Waals surface area contributed by atoms with Crippen molar-refractivity contribution in [2.75, 3.05) is 30.0 Å². The Morgan fingerprint density at radius 3 is 2.87 bits per heavy atom. The number of anilines is 2. The fraction of sp³-hybridized carbons (Fsp3) is 0.263. The molecule has 5 heterocycles. The summed E-state index contributed by atoms with van der Waals surface area (Å²) in [5.41, 5.74) is 0.918. The van der Waals surface area contributed by atoms with E-state index >= 15 is 0 Å².